The van der Waals surface area contributed by atoms with E-state index in [0.29, 0.717) is 0 Å². The number of hydrogen-bond acceptors (Lipinski definition) is 5. The van der Waals surface area contributed by atoms with Gasteiger partial charge in [0.15, 0.2) is 5.96 Å². The smallest absolute Gasteiger partial charge is 0.795 e. The molecule has 0 bridgehead atoms. The average molecular weight is 241 g/mol. The summed E-state index contributed by atoms with van der Waals surface area (Å²) in [5, 5.41) is 9.33. The quantitative estimate of drug-likeness (QED) is 0.192. The first kappa shape index (κ1) is 20.3. The summed E-state index contributed by atoms with van der Waals surface area (Å²) in [5.74, 6) is -2.02. The van der Waals surface area contributed by atoms with Crippen molar-refractivity contribution in [1.29, 1.82) is 0 Å². The van der Waals surface area contributed by atoms with E-state index < -0.39 is 26.2 Å². The normalized spacial score (nSPS) is 10.9. The Kier molecular flexibility index (Phi) is 13.3. The number of rotatable bonds is 3. The Bertz CT molecular complexity index is 253. The van der Waals surface area contributed by atoms with Crippen LogP contribution in [0.3, 0.4) is 0 Å². The van der Waals surface area contributed by atoms with Gasteiger partial charge in [0, 0.05) is 7.75 Å². The van der Waals surface area contributed by atoms with Crippen molar-refractivity contribution < 1.29 is 83.4 Å². The van der Waals surface area contributed by atoms with Gasteiger partial charge in [-0.25, -0.2) is 4.99 Å². The largest absolute Gasteiger partial charge is 1.00 e. The summed E-state index contributed by atoms with van der Waals surface area (Å²) in [7, 11) is -4.98. The molecule has 0 aromatic heterocycles. The monoisotopic (exact) mass is 241 g/mol. The van der Waals surface area contributed by atoms with E-state index in [4.69, 9.17) is 10.8 Å². The van der Waals surface area contributed by atoms with Gasteiger partial charge in [-0.3, -0.25) is 4.79 Å². The third kappa shape index (κ3) is 15.4. The molecule has 0 radical (unpaired) electrons. The molecule has 0 aromatic carbocycles. The Morgan fingerprint density at radius 1 is 1.50 bits per heavy atom. The van der Waals surface area contributed by atoms with Gasteiger partial charge < -0.3 is 30.3 Å². The van der Waals surface area contributed by atoms with Gasteiger partial charge in [-0.05, 0) is 0 Å². The van der Waals surface area contributed by atoms with E-state index in [0.717, 1.165) is 0 Å². The number of nitrogens with zero attached hydrogens (tertiary/aromatic N) is 1. The van der Waals surface area contributed by atoms with Crippen molar-refractivity contribution in [3.05, 3.63) is 0 Å². The predicted octanol–water partition coefficient (Wildman–Crippen LogP) is -9.19. The summed E-state index contributed by atoms with van der Waals surface area (Å²) in [4.78, 5) is 32.8. The van der Waals surface area contributed by atoms with Gasteiger partial charge in [-0.2, -0.15) is 0 Å². The number of nitrogens with one attached hydrogen (secondary N) is 1. The zero-order valence-corrected chi connectivity index (χ0v) is 12.7. The molecule has 0 spiro atoms. The van der Waals surface area contributed by atoms with Crippen molar-refractivity contribution >= 4 is 19.7 Å². The predicted molar refractivity (Wildman–Crippen MR) is 34.9 cm³/mol. The van der Waals surface area contributed by atoms with Crippen molar-refractivity contribution in [1.82, 2.24) is 5.09 Å². The number of carboxylic acid groups (broad SMARTS) is 1. The van der Waals surface area contributed by atoms with E-state index in [1.165, 1.54) is 5.09 Å². The van der Waals surface area contributed by atoms with Crippen LogP contribution in [-0.4, -0.2) is 23.6 Å². The van der Waals surface area contributed by atoms with Gasteiger partial charge in [0.2, 0.25) is 0 Å². The van der Waals surface area contributed by atoms with E-state index in [1.807, 2.05) is 0 Å². The summed E-state index contributed by atoms with van der Waals surface area (Å²) < 4.78 is 9.94. The Balaban J connectivity index is -0.000000605. The minimum absolute atomic E-state index is 0. The van der Waals surface area contributed by atoms with Crippen molar-refractivity contribution in [2.24, 2.45) is 10.7 Å². The molecule has 0 saturated carbocycles. The van der Waals surface area contributed by atoms with Gasteiger partial charge in [0.1, 0.15) is 6.54 Å². The summed E-state index contributed by atoms with van der Waals surface area (Å²) >= 11 is 0. The maximum atomic E-state index is 9.94. The Labute approximate surface area is 124 Å². The van der Waals surface area contributed by atoms with Crippen LogP contribution in [0.1, 0.15) is 0 Å². The molecule has 0 aliphatic carbocycles. The molecule has 0 aliphatic heterocycles. The minimum atomic E-state index is -4.98. The summed E-state index contributed by atoms with van der Waals surface area (Å²) in [5.41, 5.74) is 4.81. The molecule has 0 fully saturated rings. The van der Waals surface area contributed by atoms with Crippen molar-refractivity contribution in [3.8, 4) is 0 Å². The van der Waals surface area contributed by atoms with Gasteiger partial charge >= 0.3 is 65.1 Å². The maximum Gasteiger partial charge on any atom is 1.00 e. The molecule has 11 heteroatoms. The molecule has 0 amide bonds. The van der Waals surface area contributed by atoms with Gasteiger partial charge in [-0.15, -0.1) is 0 Å². The topological polar surface area (TPSA) is 151 Å². The van der Waals surface area contributed by atoms with E-state index in [2.05, 4.69) is 4.99 Å². The molecule has 0 unspecified atom stereocenters. The van der Waals surface area contributed by atoms with E-state index in [9.17, 15) is 19.1 Å². The van der Waals surface area contributed by atoms with E-state index in [1.54, 1.807) is 0 Å². The van der Waals surface area contributed by atoms with Crippen LogP contribution in [0.4, 0.5) is 0 Å². The molecule has 70 valence electrons. The Morgan fingerprint density at radius 3 is 2.21 bits per heavy atom. The SMILES string of the molecule is NC(=NCC(=O)O)NP(=O)([O-])[O-].[Na+].[Na+]. The van der Waals surface area contributed by atoms with Crippen LogP contribution in [0.15, 0.2) is 4.99 Å². The van der Waals surface area contributed by atoms with Crippen molar-refractivity contribution in [2.45, 2.75) is 0 Å². The third-order valence-corrected chi connectivity index (χ3v) is 1.14. The Morgan fingerprint density at radius 2 is 1.93 bits per heavy atom. The standard InChI is InChI=1S/C3H8N3O5P.2Na/c4-3(5-1-2(7)8)6-12(9,10)11;;/h1H2,(H,7,8)(H5,4,5,6,9,10,11);;/q;2*+1/p-2. The fourth-order valence-electron chi connectivity index (χ4n) is 0.328. The first-order chi connectivity index (χ1) is 5.31. The number of carbonyl (C=O) groups is 1. The molecule has 0 aliphatic rings. The molecular weight excluding hydrogens is 235 g/mol. The Hall–Kier alpha value is 0.890. The maximum absolute atomic E-state index is 9.94. The summed E-state index contributed by atoms with van der Waals surface area (Å²) in [6.45, 7) is -0.696. The fourth-order valence-corrected chi connectivity index (χ4v) is 0.680. The molecule has 0 atom stereocenters. The molecular formula is C3H6N3Na2O5P. The second-order valence-electron chi connectivity index (χ2n) is 1.70. The minimum Gasteiger partial charge on any atom is -0.795 e. The van der Waals surface area contributed by atoms with Crippen LogP contribution in [0, 0.1) is 0 Å². The van der Waals surface area contributed by atoms with Crippen LogP contribution < -0.4 is 79.7 Å². The second kappa shape index (κ2) is 9.14. The number of aliphatic carboxylic acids is 1. The van der Waals surface area contributed by atoms with Crippen molar-refractivity contribution in [3.63, 3.8) is 0 Å². The van der Waals surface area contributed by atoms with Crippen LogP contribution in [0.25, 0.3) is 0 Å². The first-order valence-corrected chi connectivity index (χ1v) is 4.17. The van der Waals surface area contributed by atoms with E-state index in [-0.39, 0.29) is 59.1 Å². The van der Waals surface area contributed by atoms with Gasteiger partial charge in [0.25, 0.3) is 0 Å². The van der Waals surface area contributed by atoms with Crippen LogP contribution >= 0.6 is 7.75 Å². The third-order valence-electron chi connectivity index (χ3n) is 0.636. The summed E-state index contributed by atoms with van der Waals surface area (Å²) in [6, 6.07) is 0. The molecule has 0 heterocycles. The average Bonchev–Trinajstić information content (AvgIpc) is 1.79. The fraction of sp³-hybridized carbons (Fsp3) is 0.333. The summed E-state index contributed by atoms with van der Waals surface area (Å²) in [6.07, 6.45) is 0. The second-order valence-corrected chi connectivity index (χ2v) is 2.92. The number of guanidine groups is 1. The molecule has 0 rings (SSSR count). The first-order valence-electron chi connectivity index (χ1n) is 2.63. The van der Waals surface area contributed by atoms with Crippen LogP contribution in [-0.2, 0) is 9.36 Å². The van der Waals surface area contributed by atoms with Crippen molar-refractivity contribution in [2.75, 3.05) is 6.54 Å². The van der Waals surface area contributed by atoms with Gasteiger partial charge in [0.05, 0.1) is 0 Å². The molecule has 0 aromatic rings. The number of aliphatic imine (C=N–C) groups is 1. The zero-order valence-electron chi connectivity index (χ0n) is 7.76. The van der Waals surface area contributed by atoms with Crippen LogP contribution in [0.5, 0.6) is 0 Å². The van der Waals surface area contributed by atoms with Crippen LogP contribution in [0.2, 0.25) is 0 Å². The number of hydrogen-bond donors (Lipinski definition) is 3. The zero-order chi connectivity index (χ0) is 9.78. The number of carboxylic acids is 1. The molecule has 14 heavy (non-hydrogen) atoms. The van der Waals surface area contributed by atoms with E-state index >= 15 is 0 Å². The molecule has 0 saturated heterocycles. The molecule has 4 N–H and O–H groups in total. The number of nitrogens with two attached hydrogens (primary N) is 1. The molecule has 8 nitrogen and oxygen atoms in total. The van der Waals surface area contributed by atoms with Gasteiger partial charge in [-0.1, -0.05) is 0 Å².